The van der Waals surface area contributed by atoms with Gasteiger partial charge in [-0.1, -0.05) is 12.8 Å². The van der Waals surface area contributed by atoms with Crippen molar-refractivity contribution in [3.8, 4) is 0 Å². The fourth-order valence-corrected chi connectivity index (χ4v) is 0.992. The van der Waals surface area contributed by atoms with Gasteiger partial charge in [0, 0.05) is 6.04 Å². The molecule has 0 aliphatic heterocycles. The average molecular weight is 227 g/mol. The Morgan fingerprint density at radius 1 is 1.33 bits per heavy atom. The molecule has 90 valence electrons. The predicted octanol–water partition coefficient (Wildman–Crippen LogP) is 2.00. The van der Waals surface area contributed by atoms with Crippen LogP contribution in [0, 0.1) is 0 Å². The topological polar surface area (TPSA) is 52.3 Å². The summed E-state index contributed by atoms with van der Waals surface area (Å²) in [5.74, 6) is -2.12. The van der Waals surface area contributed by atoms with Crippen LogP contribution in [0.3, 0.4) is 0 Å². The van der Waals surface area contributed by atoms with Crippen molar-refractivity contribution in [2.45, 2.75) is 44.8 Å². The second-order valence-electron chi connectivity index (χ2n) is 3.46. The van der Waals surface area contributed by atoms with E-state index in [0.29, 0.717) is 12.8 Å². The smallest absolute Gasteiger partial charge is 0.459 e. The zero-order valence-corrected chi connectivity index (χ0v) is 8.64. The van der Waals surface area contributed by atoms with Crippen molar-refractivity contribution in [2.75, 3.05) is 6.61 Å². The SMILES string of the molecule is CC(N)CCCCCOC(=O)C(F)(F)F. The molecule has 0 aromatic carbocycles. The number of carbonyl (C=O) groups excluding carboxylic acids is 1. The molecule has 0 radical (unpaired) electrons. The highest BCUT2D eigenvalue weighted by Gasteiger charge is 2.40. The van der Waals surface area contributed by atoms with E-state index in [1.807, 2.05) is 6.92 Å². The third-order valence-corrected chi connectivity index (χ3v) is 1.77. The first-order valence-corrected chi connectivity index (χ1v) is 4.83. The number of unbranched alkanes of at least 4 members (excludes halogenated alkanes) is 2. The van der Waals surface area contributed by atoms with E-state index in [1.165, 1.54) is 0 Å². The van der Waals surface area contributed by atoms with E-state index in [-0.39, 0.29) is 12.6 Å². The van der Waals surface area contributed by atoms with Gasteiger partial charge < -0.3 is 10.5 Å². The summed E-state index contributed by atoms with van der Waals surface area (Å²) in [7, 11) is 0. The lowest BCUT2D eigenvalue weighted by Crippen LogP contribution is -2.25. The van der Waals surface area contributed by atoms with E-state index in [2.05, 4.69) is 4.74 Å². The minimum atomic E-state index is -4.88. The summed E-state index contributed by atoms with van der Waals surface area (Å²) < 4.78 is 38.9. The predicted molar refractivity (Wildman–Crippen MR) is 49.1 cm³/mol. The minimum Gasteiger partial charge on any atom is -0.459 e. The fourth-order valence-electron chi connectivity index (χ4n) is 0.992. The number of alkyl halides is 3. The molecular weight excluding hydrogens is 211 g/mol. The number of hydrogen-bond acceptors (Lipinski definition) is 3. The maximum absolute atomic E-state index is 11.6. The lowest BCUT2D eigenvalue weighted by atomic mass is 10.1. The first-order chi connectivity index (χ1) is 6.84. The maximum atomic E-state index is 11.6. The molecule has 0 amide bonds. The van der Waals surface area contributed by atoms with E-state index in [1.54, 1.807) is 0 Å². The minimum absolute atomic E-state index is 0.0997. The second kappa shape index (κ2) is 6.66. The van der Waals surface area contributed by atoms with E-state index in [0.717, 1.165) is 12.8 Å². The van der Waals surface area contributed by atoms with Crippen molar-refractivity contribution < 1.29 is 22.7 Å². The van der Waals surface area contributed by atoms with Gasteiger partial charge in [-0.15, -0.1) is 0 Å². The molecule has 0 fully saturated rings. The summed E-state index contributed by atoms with van der Waals surface area (Å²) in [6.07, 6.45) is -2.07. The van der Waals surface area contributed by atoms with Gasteiger partial charge in [0.2, 0.25) is 0 Å². The van der Waals surface area contributed by atoms with Crippen LogP contribution >= 0.6 is 0 Å². The van der Waals surface area contributed by atoms with Crippen LogP contribution in [0.15, 0.2) is 0 Å². The highest BCUT2D eigenvalue weighted by atomic mass is 19.4. The summed E-state index contributed by atoms with van der Waals surface area (Å²) in [4.78, 5) is 10.2. The Kier molecular flexibility index (Phi) is 6.31. The lowest BCUT2D eigenvalue weighted by molar-refractivity contribution is -0.199. The summed E-state index contributed by atoms with van der Waals surface area (Å²) in [6, 6.07) is 0.0997. The van der Waals surface area contributed by atoms with E-state index >= 15 is 0 Å². The Labute approximate surface area is 86.8 Å². The summed E-state index contributed by atoms with van der Waals surface area (Å²) in [5.41, 5.74) is 5.48. The molecule has 0 saturated heterocycles. The molecular formula is C9H16F3NO2. The van der Waals surface area contributed by atoms with Crippen LogP contribution < -0.4 is 5.73 Å². The normalized spacial score (nSPS) is 13.7. The van der Waals surface area contributed by atoms with Gasteiger partial charge in [0.15, 0.2) is 0 Å². The van der Waals surface area contributed by atoms with Crippen LogP contribution in [-0.4, -0.2) is 24.8 Å². The van der Waals surface area contributed by atoms with Crippen LogP contribution in [0.1, 0.15) is 32.6 Å². The molecule has 0 bridgehead atoms. The molecule has 0 aromatic rings. The fraction of sp³-hybridized carbons (Fsp3) is 0.889. The largest absolute Gasteiger partial charge is 0.490 e. The molecule has 6 heteroatoms. The van der Waals surface area contributed by atoms with E-state index in [4.69, 9.17) is 5.73 Å². The standard InChI is InChI=1S/C9H16F3NO2/c1-7(13)5-3-2-4-6-15-8(14)9(10,11)12/h7H,2-6,13H2,1H3. The number of ether oxygens (including phenoxy) is 1. The highest BCUT2D eigenvalue weighted by Crippen LogP contribution is 2.16. The number of nitrogens with two attached hydrogens (primary N) is 1. The van der Waals surface area contributed by atoms with Crippen LogP contribution in [0.4, 0.5) is 13.2 Å². The Morgan fingerprint density at radius 3 is 2.40 bits per heavy atom. The molecule has 2 N–H and O–H groups in total. The lowest BCUT2D eigenvalue weighted by Gasteiger charge is -2.07. The van der Waals surface area contributed by atoms with Gasteiger partial charge in [-0.25, -0.2) is 4.79 Å². The number of rotatable bonds is 6. The molecule has 0 aromatic heterocycles. The first kappa shape index (κ1) is 14.2. The Hall–Kier alpha value is -0.780. The van der Waals surface area contributed by atoms with Crippen LogP contribution in [0.5, 0.6) is 0 Å². The molecule has 0 aliphatic rings. The first-order valence-electron chi connectivity index (χ1n) is 4.83. The quantitative estimate of drug-likeness (QED) is 0.557. The van der Waals surface area contributed by atoms with Crippen molar-refractivity contribution in [1.29, 1.82) is 0 Å². The van der Waals surface area contributed by atoms with Gasteiger partial charge in [-0.2, -0.15) is 13.2 Å². The number of carbonyl (C=O) groups is 1. The van der Waals surface area contributed by atoms with Crippen molar-refractivity contribution in [3.05, 3.63) is 0 Å². The summed E-state index contributed by atoms with van der Waals surface area (Å²) >= 11 is 0. The monoisotopic (exact) mass is 227 g/mol. The third kappa shape index (κ3) is 8.23. The Bertz CT molecular complexity index is 192. The van der Waals surface area contributed by atoms with Crippen molar-refractivity contribution in [2.24, 2.45) is 5.73 Å². The molecule has 1 atom stereocenters. The molecule has 0 rings (SSSR count). The van der Waals surface area contributed by atoms with Crippen LogP contribution in [-0.2, 0) is 9.53 Å². The van der Waals surface area contributed by atoms with E-state index in [9.17, 15) is 18.0 Å². The van der Waals surface area contributed by atoms with Gasteiger partial charge in [0.25, 0.3) is 0 Å². The van der Waals surface area contributed by atoms with Gasteiger partial charge >= 0.3 is 12.1 Å². The third-order valence-electron chi connectivity index (χ3n) is 1.77. The molecule has 0 saturated carbocycles. The van der Waals surface area contributed by atoms with Crippen molar-refractivity contribution in [3.63, 3.8) is 0 Å². The van der Waals surface area contributed by atoms with Gasteiger partial charge in [-0.05, 0) is 19.8 Å². The Balaban J connectivity index is 3.36. The zero-order valence-electron chi connectivity index (χ0n) is 8.64. The zero-order chi connectivity index (χ0) is 11.9. The van der Waals surface area contributed by atoms with Gasteiger partial charge in [0.1, 0.15) is 0 Å². The molecule has 1 unspecified atom stereocenters. The van der Waals surface area contributed by atoms with Crippen molar-refractivity contribution in [1.82, 2.24) is 0 Å². The molecule has 3 nitrogen and oxygen atoms in total. The number of hydrogen-bond donors (Lipinski definition) is 1. The van der Waals surface area contributed by atoms with Gasteiger partial charge in [0.05, 0.1) is 6.61 Å². The van der Waals surface area contributed by atoms with Crippen molar-refractivity contribution >= 4 is 5.97 Å². The number of esters is 1. The summed E-state index contributed by atoms with van der Waals surface area (Å²) in [5, 5.41) is 0. The molecule has 0 heterocycles. The van der Waals surface area contributed by atoms with Crippen LogP contribution in [0.25, 0.3) is 0 Å². The molecule has 0 aliphatic carbocycles. The van der Waals surface area contributed by atoms with Gasteiger partial charge in [-0.3, -0.25) is 0 Å². The second-order valence-corrected chi connectivity index (χ2v) is 3.46. The number of halogens is 3. The van der Waals surface area contributed by atoms with Crippen LogP contribution in [0.2, 0.25) is 0 Å². The molecule has 15 heavy (non-hydrogen) atoms. The molecule has 0 spiro atoms. The highest BCUT2D eigenvalue weighted by molar-refractivity contribution is 5.75. The Morgan fingerprint density at radius 2 is 1.93 bits per heavy atom. The average Bonchev–Trinajstić information content (AvgIpc) is 2.08. The summed E-state index contributed by atoms with van der Waals surface area (Å²) in [6.45, 7) is 1.68. The van der Waals surface area contributed by atoms with E-state index < -0.39 is 12.1 Å². The maximum Gasteiger partial charge on any atom is 0.490 e.